The van der Waals surface area contributed by atoms with Crippen LogP contribution >= 0.6 is 0 Å². The summed E-state index contributed by atoms with van der Waals surface area (Å²) >= 11 is 0. The van der Waals surface area contributed by atoms with Crippen molar-refractivity contribution in [2.45, 2.75) is 56.6 Å². The molecule has 1 saturated heterocycles. The fraction of sp³-hybridized carbons (Fsp3) is 0.435. The Bertz CT molecular complexity index is 1230. The summed E-state index contributed by atoms with van der Waals surface area (Å²) in [7, 11) is 0. The monoisotopic (exact) mass is 464 g/mol. The zero-order chi connectivity index (χ0) is 23.2. The standard InChI is InChI=1S/C23H25FN8O2/c24-19-7-6-12(11-25-19)26-22(34)17-5-2-8-32(17)23-27-15-4-1-3-13(15)21(29-23)28-20-10-16(30-31-20)14-9-18(14)33/h6-7,10-11,14,17-18,33H,1-5,8-9H2,(H,26,34)(H2,27,28,29,30,31)/t14?,17-,18+/m1/s1. The van der Waals surface area contributed by atoms with Gasteiger partial charge in [0.1, 0.15) is 11.9 Å². The second kappa shape index (κ2) is 8.32. The molecule has 3 aromatic heterocycles. The molecule has 6 rings (SSSR count). The maximum atomic E-state index is 13.1. The summed E-state index contributed by atoms with van der Waals surface area (Å²) in [6, 6.07) is 4.19. The van der Waals surface area contributed by atoms with Crippen LogP contribution in [-0.2, 0) is 17.6 Å². The van der Waals surface area contributed by atoms with E-state index in [1.807, 2.05) is 11.0 Å². The highest BCUT2D eigenvalue weighted by Crippen LogP contribution is 2.40. The van der Waals surface area contributed by atoms with E-state index in [0.717, 1.165) is 49.1 Å². The van der Waals surface area contributed by atoms with Gasteiger partial charge in [-0.2, -0.15) is 14.5 Å². The van der Waals surface area contributed by atoms with Crippen LogP contribution in [-0.4, -0.2) is 54.9 Å². The second-order valence-corrected chi connectivity index (χ2v) is 9.10. The van der Waals surface area contributed by atoms with Crippen LogP contribution in [0.5, 0.6) is 0 Å². The molecule has 0 spiro atoms. The Labute approximate surface area is 195 Å². The summed E-state index contributed by atoms with van der Waals surface area (Å²) in [6.07, 6.45) is 6.03. The lowest BCUT2D eigenvalue weighted by Gasteiger charge is -2.25. The molecule has 1 saturated carbocycles. The van der Waals surface area contributed by atoms with Crippen molar-refractivity contribution in [3.63, 3.8) is 0 Å². The number of nitrogens with zero attached hydrogens (tertiary/aromatic N) is 5. The molecule has 3 aromatic rings. The van der Waals surface area contributed by atoms with Crippen LogP contribution in [0.4, 0.5) is 27.7 Å². The molecule has 1 amide bonds. The number of aromatic amines is 1. The first-order valence-corrected chi connectivity index (χ1v) is 11.6. The molecular weight excluding hydrogens is 439 g/mol. The predicted octanol–water partition coefficient (Wildman–Crippen LogP) is 2.42. The molecule has 1 unspecified atom stereocenters. The van der Waals surface area contributed by atoms with Crippen LogP contribution in [0.3, 0.4) is 0 Å². The molecule has 1 aliphatic heterocycles. The molecule has 0 bridgehead atoms. The minimum absolute atomic E-state index is 0.120. The van der Waals surface area contributed by atoms with Crippen LogP contribution in [0.1, 0.15) is 48.6 Å². The van der Waals surface area contributed by atoms with E-state index in [-0.39, 0.29) is 17.9 Å². The Morgan fingerprint density at radius 1 is 1.24 bits per heavy atom. The average molecular weight is 465 g/mol. The van der Waals surface area contributed by atoms with Crippen LogP contribution < -0.4 is 15.5 Å². The van der Waals surface area contributed by atoms with Gasteiger partial charge in [0.25, 0.3) is 0 Å². The summed E-state index contributed by atoms with van der Waals surface area (Å²) in [4.78, 5) is 28.2. The first-order chi connectivity index (χ1) is 16.5. The number of carbonyl (C=O) groups excluding carboxylic acids is 1. The normalized spacial score (nSPS) is 23.1. The number of hydrogen-bond acceptors (Lipinski definition) is 8. The van der Waals surface area contributed by atoms with Crippen LogP contribution in [0.15, 0.2) is 24.4 Å². The number of aliphatic hydroxyl groups excluding tert-OH is 1. The van der Waals surface area contributed by atoms with Crippen molar-refractivity contribution in [1.82, 2.24) is 25.1 Å². The van der Waals surface area contributed by atoms with E-state index < -0.39 is 12.0 Å². The van der Waals surface area contributed by atoms with E-state index in [1.165, 1.54) is 18.3 Å². The highest BCUT2D eigenvalue weighted by Gasteiger charge is 2.38. The number of rotatable bonds is 6. The fourth-order valence-electron chi connectivity index (χ4n) is 4.83. The van der Waals surface area contributed by atoms with Gasteiger partial charge in [0.15, 0.2) is 5.82 Å². The third-order valence-electron chi connectivity index (χ3n) is 6.73. The van der Waals surface area contributed by atoms with E-state index in [0.29, 0.717) is 36.2 Å². The molecule has 11 heteroatoms. The summed E-state index contributed by atoms with van der Waals surface area (Å²) in [5.74, 6) is 1.21. The van der Waals surface area contributed by atoms with E-state index in [9.17, 15) is 14.3 Å². The van der Waals surface area contributed by atoms with Crippen LogP contribution in [0, 0.1) is 5.95 Å². The molecule has 4 N–H and O–H groups in total. The van der Waals surface area contributed by atoms with Crippen molar-refractivity contribution < 1.29 is 14.3 Å². The summed E-state index contributed by atoms with van der Waals surface area (Å²) < 4.78 is 13.1. The Balaban J connectivity index is 1.24. The van der Waals surface area contributed by atoms with Gasteiger partial charge in [-0.3, -0.25) is 9.89 Å². The van der Waals surface area contributed by atoms with Crippen molar-refractivity contribution in [2.75, 3.05) is 22.1 Å². The number of halogens is 1. The summed E-state index contributed by atoms with van der Waals surface area (Å²) in [5.41, 5.74) is 3.44. The number of H-pyrrole nitrogens is 1. The minimum atomic E-state index is -0.593. The Hall–Kier alpha value is -3.60. The van der Waals surface area contributed by atoms with Crippen molar-refractivity contribution in [3.8, 4) is 0 Å². The highest BCUT2D eigenvalue weighted by molar-refractivity contribution is 5.96. The number of nitrogens with one attached hydrogen (secondary N) is 3. The van der Waals surface area contributed by atoms with E-state index in [4.69, 9.17) is 9.97 Å². The molecule has 176 valence electrons. The van der Waals surface area contributed by atoms with Gasteiger partial charge in [0.05, 0.1) is 23.7 Å². The third-order valence-corrected chi connectivity index (χ3v) is 6.73. The van der Waals surface area contributed by atoms with Gasteiger partial charge in [0.2, 0.25) is 17.8 Å². The van der Waals surface area contributed by atoms with Crippen LogP contribution in [0.2, 0.25) is 0 Å². The first kappa shape index (κ1) is 21.0. The van der Waals surface area contributed by atoms with Crippen molar-refractivity contribution in [1.29, 1.82) is 0 Å². The van der Waals surface area contributed by atoms with Gasteiger partial charge >= 0.3 is 0 Å². The maximum Gasteiger partial charge on any atom is 0.247 e. The van der Waals surface area contributed by atoms with E-state index >= 15 is 0 Å². The summed E-state index contributed by atoms with van der Waals surface area (Å²) in [6.45, 7) is 0.671. The molecule has 3 aliphatic rings. The number of carbonyl (C=O) groups is 1. The topological polar surface area (TPSA) is 132 Å². The number of pyridine rings is 1. The fourth-order valence-corrected chi connectivity index (χ4v) is 4.83. The number of aromatic nitrogens is 5. The zero-order valence-corrected chi connectivity index (χ0v) is 18.5. The van der Waals surface area contributed by atoms with E-state index in [1.54, 1.807) is 0 Å². The molecule has 2 fully saturated rings. The molecule has 2 aliphatic carbocycles. The predicted molar refractivity (Wildman–Crippen MR) is 122 cm³/mol. The Kier molecular flexibility index (Phi) is 5.13. The minimum Gasteiger partial charge on any atom is -0.392 e. The third kappa shape index (κ3) is 3.96. The molecule has 10 nitrogen and oxygen atoms in total. The molecule has 34 heavy (non-hydrogen) atoms. The van der Waals surface area contributed by atoms with E-state index in [2.05, 4.69) is 25.8 Å². The average Bonchev–Trinajstić information content (AvgIpc) is 3.29. The maximum absolute atomic E-state index is 13.1. The lowest BCUT2D eigenvalue weighted by Crippen LogP contribution is -2.40. The number of aliphatic hydroxyl groups is 1. The van der Waals surface area contributed by atoms with Crippen molar-refractivity contribution in [2.24, 2.45) is 0 Å². The van der Waals surface area contributed by atoms with Crippen molar-refractivity contribution >= 4 is 29.2 Å². The molecular formula is C23H25FN8O2. The van der Waals surface area contributed by atoms with Gasteiger partial charge in [0, 0.05) is 29.8 Å². The highest BCUT2D eigenvalue weighted by atomic mass is 19.1. The van der Waals surface area contributed by atoms with Gasteiger partial charge in [-0.25, -0.2) is 9.97 Å². The first-order valence-electron chi connectivity index (χ1n) is 11.6. The SMILES string of the molecule is O=C(Nc1ccc(F)nc1)[C@H]1CCCN1c1nc2c(c(Nc3cc(C4C[C@@H]4O)[nH]n3)n1)CCC2. The Morgan fingerprint density at radius 2 is 2.12 bits per heavy atom. The van der Waals surface area contributed by atoms with Gasteiger partial charge < -0.3 is 20.6 Å². The molecule has 0 aromatic carbocycles. The smallest absolute Gasteiger partial charge is 0.247 e. The quantitative estimate of drug-likeness (QED) is 0.409. The lowest BCUT2D eigenvalue weighted by molar-refractivity contribution is -0.117. The van der Waals surface area contributed by atoms with Crippen LogP contribution in [0.25, 0.3) is 0 Å². The van der Waals surface area contributed by atoms with Gasteiger partial charge in [-0.15, -0.1) is 0 Å². The number of anilines is 4. The summed E-state index contributed by atoms with van der Waals surface area (Å²) in [5, 5.41) is 23.2. The van der Waals surface area contributed by atoms with Gasteiger partial charge in [-0.1, -0.05) is 0 Å². The lowest BCUT2D eigenvalue weighted by atomic mass is 10.2. The zero-order valence-electron chi connectivity index (χ0n) is 18.5. The second-order valence-electron chi connectivity index (χ2n) is 9.10. The molecule has 0 radical (unpaired) electrons. The molecule has 3 atom stereocenters. The molecule has 4 heterocycles. The number of aryl methyl sites for hydroxylation is 1. The van der Waals surface area contributed by atoms with Gasteiger partial charge in [-0.05, 0) is 50.7 Å². The Morgan fingerprint density at radius 3 is 2.91 bits per heavy atom. The number of hydrogen-bond donors (Lipinski definition) is 4. The number of amides is 1. The number of fused-ring (bicyclic) bond motifs is 1. The largest absolute Gasteiger partial charge is 0.392 e. The van der Waals surface area contributed by atoms with Crippen molar-refractivity contribution in [3.05, 3.63) is 47.3 Å².